The summed E-state index contributed by atoms with van der Waals surface area (Å²) in [5.74, 6) is 1.39. The third-order valence-electron chi connectivity index (χ3n) is 1.78. The first-order valence-electron chi connectivity index (χ1n) is 4.50. The summed E-state index contributed by atoms with van der Waals surface area (Å²) in [6.45, 7) is 4.22. The first-order valence-corrected chi connectivity index (χ1v) is 5.26. The van der Waals surface area contributed by atoms with E-state index in [1.165, 1.54) is 5.92 Å². The Morgan fingerprint density at radius 3 is 2.50 bits per heavy atom. The highest BCUT2D eigenvalue weighted by Gasteiger charge is 1.96. The second-order valence-corrected chi connectivity index (χ2v) is 4.30. The van der Waals surface area contributed by atoms with Gasteiger partial charge in [-0.3, -0.25) is 0 Å². The summed E-state index contributed by atoms with van der Waals surface area (Å²) in [6.07, 6.45) is 5.17. The first kappa shape index (κ1) is 11.6. The average Bonchev–Trinajstić information content (AvgIpc) is 2.10. The normalized spacial score (nSPS) is 11.5. The minimum atomic E-state index is 0.599. The molecule has 0 amide bonds. The van der Waals surface area contributed by atoms with Crippen molar-refractivity contribution in [1.29, 1.82) is 0 Å². The Balaban J connectivity index is 2.68. The Kier molecular flexibility index (Phi) is 4.50. The van der Waals surface area contributed by atoms with Crippen LogP contribution in [0.3, 0.4) is 0 Å². The number of halogens is 2. The van der Waals surface area contributed by atoms with Crippen LogP contribution in [0.1, 0.15) is 25.8 Å². The third-order valence-corrected chi connectivity index (χ3v) is 2.52. The molecule has 0 N–H and O–H groups in total. The largest absolute Gasteiger partial charge is 0.0834 e. The predicted octanol–water partition coefficient (Wildman–Crippen LogP) is 5.01. The number of hydrogen-bond acceptors (Lipinski definition) is 0. The van der Waals surface area contributed by atoms with Gasteiger partial charge in [-0.05, 0) is 30.0 Å². The molecule has 0 unspecified atom stereocenters. The fraction of sp³-hybridized carbons (Fsp3) is 0.250. The number of benzene rings is 1. The van der Waals surface area contributed by atoms with E-state index >= 15 is 0 Å². The second kappa shape index (κ2) is 5.43. The zero-order chi connectivity index (χ0) is 10.6. The van der Waals surface area contributed by atoms with Gasteiger partial charge in [0.2, 0.25) is 0 Å². The molecule has 75 valence electrons. The molecular weight excluding hydrogens is 215 g/mol. The van der Waals surface area contributed by atoms with Crippen molar-refractivity contribution in [3.05, 3.63) is 45.8 Å². The monoisotopic (exact) mass is 227 g/mol. The van der Waals surface area contributed by atoms with Crippen molar-refractivity contribution in [2.75, 3.05) is 0 Å². The van der Waals surface area contributed by atoms with Crippen LogP contribution in [0.5, 0.6) is 0 Å². The summed E-state index contributed by atoms with van der Waals surface area (Å²) >= 11 is 11.7. The molecule has 1 aromatic carbocycles. The molecule has 0 nitrogen and oxygen atoms in total. The minimum absolute atomic E-state index is 0.599. The molecule has 0 fully saturated rings. The highest BCUT2D eigenvalue weighted by molar-refractivity contribution is 6.42. The van der Waals surface area contributed by atoms with E-state index in [9.17, 15) is 0 Å². The molecule has 0 aliphatic carbocycles. The summed E-state index contributed by atoms with van der Waals surface area (Å²) in [6, 6.07) is 5.63. The van der Waals surface area contributed by atoms with Crippen LogP contribution in [0.2, 0.25) is 10.0 Å². The number of rotatable bonds is 3. The summed E-state index contributed by atoms with van der Waals surface area (Å²) in [5.41, 5.74) is 1.08. The van der Waals surface area contributed by atoms with E-state index in [4.69, 9.17) is 23.2 Å². The molecule has 1 rings (SSSR count). The maximum atomic E-state index is 5.88. The lowest BCUT2D eigenvalue weighted by Crippen LogP contribution is -1.79. The summed E-state index contributed by atoms with van der Waals surface area (Å²) < 4.78 is 0. The Bertz CT molecular complexity index is 327. The van der Waals surface area contributed by atoms with Crippen molar-refractivity contribution < 1.29 is 0 Å². The molecule has 0 aliphatic heterocycles. The Morgan fingerprint density at radius 2 is 1.93 bits per heavy atom. The molecule has 0 saturated heterocycles. The maximum absolute atomic E-state index is 5.88. The molecule has 1 radical (unpaired) electrons. The molecule has 0 spiro atoms. The van der Waals surface area contributed by atoms with Gasteiger partial charge in [0.05, 0.1) is 10.0 Å². The second-order valence-electron chi connectivity index (χ2n) is 3.49. The zero-order valence-corrected chi connectivity index (χ0v) is 9.86. The van der Waals surface area contributed by atoms with Gasteiger partial charge in [-0.1, -0.05) is 55.3 Å². The van der Waals surface area contributed by atoms with Gasteiger partial charge < -0.3 is 0 Å². The molecule has 1 aromatic rings. The van der Waals surface area contributed by atoms with Gasteiger partial charge in [0.1, 0.15) is 0 Å². The van der Waals surface area contributed by atoms with Crippen LogP contribution in [0, 0.1) is 5.92 Å². The van der Waals surface area contributed by atoms with E-state index in [-0.39, 0.29) is 0 Å². The predicted molar refractivity (Wildman–Crippen MR) is 64.7 cm³/mol. The highest BCUT2D eigenvalue weighted by atomic mass is 35.5. The SMILES string of the molecule is C[C](C)CC=Cc1ccc(Cl)c(Cl)c1. The van der Waals surface area contributed by atoms with E-state index in [2.05, 4.69) is 26.0 Å². The summed E-state index contributed by atoms with van der Waals surface area (Å²) in [5, 5.41) is 1.20. The zero-order valence-electron chi connectivity index (χ0n) is 8.35. The lowest BCUT2D eigenvalue weighted by Gasteiger charge is -1.99. The van der Waals surface area contributed by atoms with Crippen LogP contribution in [0.4, 0.5) is 0 Å². The van der Waals surface area contributed by atoms with E-state index < -0.39 is 0 Å². The minimum Gasteiger partial charge on any atom is -0.0834 e. The van der Waals surface area contributed by atoms with Crippen molar-refractivity contribution >= 4 is 29.3 Å². The molecule has 0 heterocycles. The van der Waals surface area contributed by atoms with Gasteiger partial charge in [-0.25, -0.2) is 0 Å². The van der Waals surface area contributed by atoms with E-state index in [1.54, 1.807) is 0 Å². The van der Waals surface area contributed by atoms with Gasteiger partial charge in [-0.2, -0.15) is 0 Å². The summed E-state index contributed by atoms with van der Waals surface area (Å²) in [4.78, 5) is 0. The lowest BCUT2D eigenvalue weighted by molar-refractivity contribution is 0.995. The van der Waals surface area contributed by atoms with E-state index in [0.717, 1.165) is 12.0 Å². The van der Waals surface area contributed by atoms with Crippen LogP contribution in [0.25, 0.3) is 6.08 Å². The van der Waals surface area contributed by atoms with Crippen LogP contribution in [-0.2, 0) is 0 Å². The Labute approximate surface area is 95.5 Å². The van der Waals surface area contributed by atoms with Crippen LogP contribution in [-0.4, -0.2) is 0 Å². The maximum Gasteiger partial charge on any atom is 0.0598 e. The molecule has 0 aliphatic rings. The van der Waals surface area contributed by atoms with E-state index in [0.29, 0.717) is 10.0 Å². The Hall–Kier alpha value is -0.460. The smallest absolute Gasteiger partial charge is 0.0598 e. The number of hydrogen-bond donors (Lipinski definition) is 0. The van der Waals surface area contributed by atoms with Crippen LogP contribution >= 0.6 is 23.2 Å². The van der Waals surface area contributed by atoms with Crippen molar-refractivity contribution in [2.24, 2.45) is 0 Å². The fourth-order valence-corrected chi connectivity index (χ4v) is 1.35. The van der Waals surface area contributed by atoms with Crippen molar-refractivity contribution in [2.45, 2.75) is 20.3 Å². The van der Waals surface area contributed by atoms with Gasteiger partial charge in [0, 0.05) is 0 Å². The molecule has 14 heavy (non-hydrogen) atoms. The van der Waals surface area contributed by atoms with Crippen LogP contribution < -0.4 is 0 Å². The lowest BCUT2D eigenvalue weighted by atomic mass is 10.1. The van der Waals surface area contributed by atoms with Crippen molar-refractivity contribution in [3.8, 4) is 0 Å². The molecule has 0 saturated carbocycles. The summed E-state index contributed by atoms with van der Waals surface area (Å²) in [7, 11) is 0. The van der Waals surface area contributed by atoms with Crippen molar-refractivity contribution in [3.63, 3.8) is 0 Å². The Morgan fingerprint density at radius 1 is 1.21 bits per heavy atom. The molecule has 0 bridgehead atoms. The molecule has 2 heteroatoms. The van der Waals surface area contributed by atoms with Gasteiger partial charge in [0.25, 0.3) is 0 Å². The first-order chi connectivity index (χ1) is 6.59. The van der Waals surface area contributed by atoms with Crippen LogP contribution in [0.15, 0.2) is 24.3 Å². The molecule has 0 aromatic heterocycles. The average molecular weight is 228 g/mol. The quantitative estimate of drug-likeness (QED) is 0.682. The van der Waals surface area contributed by atoms with Gasteiger partial charge in [0.15, 0.2) is 0 Å². The van der Waals surface area contributed by atoms with Gasteiger partial charge in [-0.15, -0.1) is 0 Å². The fourth-order valence-electron chi connectivity index (χ4n) is 1.05. The van der Waals surface area contributed by atoms with Crippen molar-refractivity contribution in [1.82, 2.24) is 0 Å². The topological polar surface area (TPSA) is 0 Å². The molecular formula is C12H13Cl2. The van der Waals surface area contributed by atoms with E-state index in [1.807, 2.05) is 18.2 Å². The molecule has 0 atom stereocenters. The highest BCUT2D eigenvalue weighted by Crippen LogP contribution is 2.23. The number of allylic oxidation sites excluding steroid dienone is 1. The third kappa shape index (κ3) is 3.73. The standard InChI is InChI=1S/C12H13Cl2/c1-9(2)4-3-5-10-6-7-11(13)12(14)8-10/h3,5-8H,4H2,1-2H3. The van der Waals surface area contributed by atoms with Gasteiger partial charge >= 0.3 is 0 Å².